The van der Waals surface area contributed by atoms with Crippen molar-refractivity contribution in [2.24, 2.45) is 10.7 Å². The summed E-state index contributed by atoms with van der Waals surface area (Å²) in [5.74, 6) is 0.920. The Hall–Kier alpha value is -1.06. The molecule has 1 heterocycles. The highest BCUT2D eigenvalue weighted by Gasteiger charge is 2.18. The van der Waals surface area contributed by atoms with Crippen LogP contribution >= 0.6 is 12.4 Å². The van der Waals surface area contributed by atoms with Crippen LogP contribution in [0.4, 0.5) is 0 Å². The molecule has 3 N–H and O–H groups in total. The first-order valence-electron chi connectivity index (χ1n) is 5.30. The zero-order chi connectivity index (χ0) is 10.8. The van der Waals surface area contributed by atoms with Gasteiger partial charge in [-0.2, -0.15) is 0 Å². The Kier molecular flexibility index (Phi) is 4.33. The maximum absolute atomic E-state index is 6.18. The summed E-state index contributed by atoms with van der Waals surface area (Å²) < 4.78 is 0. The normalized spacial score (nSPS) is 16.1. The SMILES string of the molecule is Cc1cccc(C(N)C2=NCCN2)c1C.Cl. The van der Waals surface area contributed by atoms with Gasteiger partial charge in [-0.25, -0.2) is 0 Å². The van der Waals surface area contributed by atoms with E-state index in [2.05, 4.69) is 36.3 Å². The summed E-state index contributed by atoms with van der Waals surface area (Å²) in [6, 6.07) is 6.13. The second-order valence-corrected chi connectivity index (χ2v) is 3.96. The first-order valence-corrected chi connectivity index (χ1v) is 5.30. The summed E-state index contributed by atoms with van der Waals surface area (Å²) in [7, 11) is 0. The molecule has 0 radical (unpaired) electrons. The van der Waals surface area contributed by atoms with Crippen molar-refractivity contribution >= 4 is 18.2 Å². The predicted octanol–water partition coefficient (Wildman–Crippen LogP) is 1.73. The molecule has 0 saturated carbocycles. The van der Waals surface area contributed by atoms with Crippen molar-refractivity contribution in [2.75, 3.05) is 13.1 Å². The van der Waals surface area contributed by atoms with Crippen LogP contribution in [0, 0.1) is 13.8 Å². The molecule has 0 amide bonds. The minimum absolute atomic E-state index is 0. The fraction of sp³-hybridized carbons (Fsp3) is 0.417. The highest BCUT2D eigenvalue weighted by Crippen LogP contribution is 2.19. The number of hydrogen-bond acceptors (Lipinski definition) is 3. The number of rotatable bonds is 2. The van der Waals surface area contributed by atoms with Crippen LogP contribution in [-0.2, 0) is 0 Å². The van der Waals surface area contributed by atoms with Crippen LogP contribution in [0.5, 0.6) is 0 Å². The number of nitrogens with zero attached hydrogens (tertiary/aromatic N) is 1. The number of hydrogen-bond donors (Lipinski definition) is 2. The molecule has 2 rings (SSSR count). The van der Waals surface area contributed by atoms with Gasteiger partial charge >= 0.3 is 0 Å². The molecule has 1 aromatic rings. The molecular weight excluding hydrogens is 222 g/mol. The summed E-state index contributed by atoms with van der Waals surface area (Å²) in [4.78, 5) is 4.36. The highest BCUT2D eigenvalue weighted by molar-refractivity contribution is 5.89. The first kappa shape index (κ1) is 13.0. The van der Waals surface area contributed by atoms with E-state index in [0.717, 1.165) is 18.9 Å². The van der Waals surface area contributed by atoms with Gasteiger partial charge in [-0.1, -0.05) is 18.2 Å². The molecule has 1 aromatic carbocycles. The van der Waals surface area contributed by atoms with Crippen LogP contribution in [0.1, 0.15) is 22.7 Å². The first-order chi connectivity index (χ1) is 7.20. The molecular formula is C12H18ClN3. The molecule has 0 fully saturated rings. The third kappa shape index (κ3) is 2.36. The van der Waals surface area contributed by atoms with E-state index in [-0.39, 0.29) is 18.4 Å². The average Bonchev–Trinajstić information content (AvgIpc) is 2.74. The predicted molar refractivity (Wildman–Crippen MR) is 70.4 cm³/mol. The van der Waals surface area contributed by atoms with Crippen LogP contribution < -0.4 is 11.1 Å². The van der Waals surface area contributed by atoms with Gasteiger partial charge in [-0.3, -0.25) is 4.99 Å². The maximum atomic E-state index is 6.18. The Labute approximate surface area is 103 Å². The number of aliphatic imine (C=N–C) groups is 1. The van der Waals surface area contributed by atoms with Gasteiger partial charge in [0.2, 0.25) is 0 Å². The van der Waals surface area contributed by atoms with Crippen molar-refractivity contribution in [1.29, 1.82) is 0 Å². The monoisotopic (exact) mass is 239 g/mol. The van der Waals surface area contributed by atoms with Gasteiger partial charge in [0.1, 0.15) is 5.84 Å². The van der Waals surface area contributed by atoms with E-state index in [9.17, 15) is 0 Å². The van der Waals surface area contributed by atoms with Gasteiger partial charge in [0.05, 0.1) is 12.6 Å². The second-order valence-electron chi connectivity index (χ2n) is 3.96. The van der Waals surface area contributed by atoms with E-state index in [0.29, 0.717) is 0 Å². The molecule has 4 heteroatoms. The number of amidine groups is 1. The fourth-order valence-electron chi connectivity index (χ4n) is 1.88. The molecule has 16 heavy (non-hydrogen) atoms. The van der Waals surface area contributed by atoms with Gasteiger partial charge in [0.25, 0.3) is 0 Å². The van der Waals surface area contributed by atoms with E-state index >= 15 is 0 Å². The number of nitrogens with two attached hydrogens (primary N) is 1. The lowest BCUT2D eigenvalue weighted by atomic mass is 9.97. The van der Waals surface area contributed by atoms with Gasteiger partial charge in [-0.05, 0) is 30.5 Å². The lowest BCUT2D eigenvalue weighted by Crippen LogP contribution is -2.31. The molecule has 88 valence electrons. The lowest BCUT2D eigenvalue weighted by Gasteiger charge is -2.16. The second kappa shape index (κ2) is 5.32. The summed E-state index contributed by atoms with van der Waals surface area (Å²) in [6.07, 6.45) is 0. The van der Waals surface area contributed by atoms with Gasteiger partial charge in [0.15, 0.2) is 0 Å². The Bertz CT molecular complexity index is 401. The summed E-state index contributed by atoms with van der Waals surface area (Å²) in [5.41, 5.74) is 9.89. The molecule has 0 aliphatic carbocycles. The van der Waals surface area contributed by atoms with Crippen molar-refractivity contribution in [2.45, 2.75) is 19.9 Å². The van der Waals surface area contributed by atoms with Crippen molar-refractivity contribution in [3.8, 4) is 0 Å². The number of halogens is 1. The topological polar surface area (TPSA) is 50.4 Å². The Balaban J connectivity index is 0.00000128. The Morgan fingerprint density at radius 2 is 2.12 bits per heavy atom. The van der Waals surface area contributed by atoms with Crippen molar-refractivity contribution in [3.63, 3.8) is 0 Å². The molecule has 1 atom stereocenters. The molecule has 3 nitrogen and oxygen atoms in total. The fourth-order valence-corrected chi connectivity index (χ4v) is 1.88. The van der Waals surface area contributed by atoms with Crippen LogP contribution in [0.15, 0.2) is 23.2 Å². The molecule has 0 saturated heterocycles. The zero-order valence-corrected chi connectivity index (χ0v) is 10.5. The standard InChI is InChI=1S/C12H17N3.ClH/c1-8-4-3-5-10(9(8)2)11(13)12-14-6-7-15-12;/h3-5,11H,6-7,13H2,1-2H3,(H,14,15);1H. The minimum atomic E-state index is -0.104. The molecule has 1 aliphatic heterocycles. The zero-order valence-electron chi connectivity index (χ0n) is 9.66. The number of aryl methyl sites for hydroxylation is 1. The Morgan fingerprint density at radius 3 is 2.75 bits per heavy atom. The van der Waals surface area contributed by atoms with Gasteiger partial charge in [-0.15, -0.1) is 12.4 Å². The summed E-state index contributed by atoms with van der Waals surface area (Å²) in [6.45, 7) is 5.97. The quantitative estimate of drug-likeness (QED) is 0.826. The largest absolute Gasteiger partial charge is 0.370 e. The van der Waals surface area contributed by atoms with E-state index in [1.807, 2.05) is 6.07 Å². The molecule has 0 aromatic heterocycles. The van der Waals surface area contributed by atoms with Crippen molar-refractivity contribution < 1.29 is 0 Å². The number of nitrogens with one attached hydrogen (secondary N) is 1. The van der Waals surface area contributed by atoms with E-state index < -0.39 is 0 Å². The van der Waals surface area contributed by atoms with Crippen LogP contribution in [0.2, 0.25) is 0 Å². The highest BCUT2D eigenvalue weighted by atomic mass is 35.5. The van der Waals surface area contributed by atoms with Crippen LogP contribution in [0.25, 0.3) is 0 Å². The summed E-state index contributed by atoms with van der Waals surface area (Å²) >= 11 is 0. The van der Waals surface area contributed by atoms with Crippen LogP contribution in [0.3, 0.4) is 0 Å². The molecule has 0 bridgehead atoms. The van der Waals surface area contributed by atoms with E-state index in [1.54, 1.807) is 0 Å². The Morgan fingerprint density at radius 1 is 1.38 bits per heavy atom. The van der Waals surface area contributed by atoms with E-state index in [4.69, 9.17) is 5.73 Å². The molecule has 1 aliphatic rings. The van der Waals surface area contributed by atoms with Gasteiger partial charge in [0, 0.05) is 6.54 Å². The average molecular weight is 240 g/mol. The number of benzene rings is 1. The van der Waals surface area contributed by atoms with Gasteiger partial charge < -0.3 is 11.1 Å². The minimum Gasteiger partial charge on any atom is -0.370 e. The third-order valence-electron chi connectivity index (χ3n) is 2.98. The van der Waals surface area contributed by atoms with Crippen molar-refractivity contribution in [1.82, 2.24) is 5.32 Å². The third-order valence-corrected chi connectivity index (χ3v) is 2.98. The summed E-state index contributed by atoms with van der Waals surface area (Å²) in [5, 5.41) is 3.23. The molecule has 1 unspecified atom stereocenters. The smallest absolute Gasteiger partial charge is 0.118 e. The van der Waals surface area contributed by atoms with E-state index in [1.165, 1.54) is 16.7 Å². The molecule has 0 spiro atoms. The van der Waals surface area contributed by atoms with Crippen LogP contribution in [-0.4, -0.2) is 18.9 Å². The maximum Gasteiger partial charge on any atom is 0.118 e. The van der Waals surface area contributed by atoms with Crippen molar-refractivity contribution in [3.05, 3.63) is 34.9 Å². The lowest BCUT2D eigenvalue weighted by molar-refractivity contribution is 0.885.